The van der Waals surface area contributed by atoms with Gasteiger partial charge in [-0.05, 0) is 42.5 Å². The van der Waals surface area contributed by atoms with Crippen molar-refractivity contribution in [2.24, 2.45) is 0 Å². The van der Waals surface area contributed by atoms with Gasteiger partial charge >= 0.3 is 0 Å². The third kappa shape index (κ3) is 9.54. The number of hydrogen-bond acceptors (Lipinski definition) is 6. The fourth-order valence-corrected chi connectivity index (χ4v) is 3.93. The maximum atomic E-state index is 12.5. The van der Waals surface area contributed by atoms with E-state index in [0.717, 1.165) is 12.5 Å². The molecular weight excluding hydrogens is 516 g/mol. The van der Waals surface area contributed by atoms with Crippen molar-refractivity contribution in [3.05, 3.63) is 118 Å². The topological polar surface area (TPSA) is 153 Å². The van der Waals surface area contributed by atoms with Crippen LogP contribution >= 0.6 is 0 Å². The molecule has 0 saturated carbocycles. The summed E-state index contributed by atoms with van der Waals surface area (Å²) in [6, 6.07) is 11.2. The number of carbonyl (C=O) groups is 2. The number of allylic oxidation sites excluding steroid dienone is 7. The van der Waals surface area contributed by atoms with Crippen molar-refractivity contribution in [1.82, 2.24) is 0 Å². The van der Waals surface area contributed by atoms with Crippen LogP contribution in [0.15, 0.2) is 90.2 Å². The fourth-order valence-electron chi connectivity index (χ4n) is 2.80. The number of carbonyl (C=O) groups excluding carboxylic acids is 2. The van der Waals surface area contributed by atoms with Gasteiger partial charge in [-0.15, -0.1) is 0 Å². The van der Waals surface area contributed by atoms with Crippen LogP contribution in [0, 0.1) is 6.57 Å². The molecule has 2 aromatic rings. The molecule has 190 valence electrons. The summed E-state index contributed by atoms with van der Waals surface area (Å²) in [5.74, 6) is 0.660. The molecule has 0 aliphatic rings. The number of Topliss-reactive ketones (excluding diaryl/α,β-unsaturated/α-hetero) is 2. The first-order valence-corrected chi connectivity index (χ1v) is 14.1. The Bertz CT molecular complexity index is 1590. The lowest BCUT2D eigenvalue weighted by Crippen LogP contribution is -2.09. The minimum Gasteiger partial charge on any atom is -0.763 e. The maximum absolute atomic E-state index is 12.5. The first-order valence-electron chi connectivity index (χ1n) is 10.3. The minimum atomic E-state index is -3.46. The predicted octanol–water partition coefficient (Wildman–Crippen LogP) is 3.58. The van der Waals surface area contributed by atoms with E-state index in [1.807, 2.05) is 0 Å². The largest absolute Gasteiger partial charge is 0.763 e. The lowest BCUT2D eigenvalue weighted by molar-refractivity contribution is 0.103. The van der Waals surface area contributed by atoms with Crippen molar-refractivity contribution in [3.63, 3.8) is 0 Å². The van der Waals surface area contributed by atoms with E-state index in [0.29, 0.717) is 0 Å². The number of anilines is 2. The summed E-state index contributed by atoms with van der Waals surface area (Å²) < 4.78 is 49.6. The van der Waals surface area contributed by atoms with Crippen LogP contribution in [0.25, 0.3) is 10.3 Å². The Labute approximate surface area is 215 Å². The van der Waals surface area contributed by atoms with Crippen LogP contribution in [0.3, 0.4) is 0 Å². The molecule has 0 heterocycles. The Kier molecular flexibility index (Phi) is 9.62. The highest BCUT2D eigenvalue weighted by Crippen LogP contribution is 2.16. The van der Waals surface area contributed by atoms with Gasteiger partial charge in [-0.2, -0.15) is 0 Å². The Morgan fingerprint density at radius 2 is 1.27 bits per heavy atom. The molecule has 0 unspecified atom stereocenters. The molecule has 0 radical (unpaired) electrons. The van der Waals surface area contributed by atoms with Crippen molar-refractivity contribution in [1.29, 1.82) is 0 Å². The third-order valence-electron chi connectivity index (χ3n) is 4.36. The zero-order valence-corrected chi connectivity index (χ0v) is 21.3. The lowest BCUT2D eigenvalue weighted by atomic mass is 10.0. The molecule has 0 aromatic heterocycles. The number of ketones is 2. The van der Waals surface area contributed by atoms with Crippen molar-refractivity contribution < 1.29 is 26.4 Å². The number of sulfonamides is 2. The first kappa shape index (κ1) is 28.7. The average Bonchev–Trinajstić information content (AvgIpc) is 2.82. The van der Waals surface area contributed by atoms with Crippen LogP contribution in [0.5, 0.6) is 0 Å². The maximum Gasteiger partial charge on any atom is 0.234 e. The predicted molar refractivity (Wildman–Crippen MR) is 143 cm³/mol. The molecule has 12 heteroatoms. The van der Waals surface area contributed by atoms with Crippen LogP contribution in [-0.2, 0) is 20.0 Å². The molecule has 0 bridgehead atoms. The van der Waals surface area contributed by atoms with Crippen LogP contribution in [-0.4, -0.2) is 46.8 Å². The SMILES string of the molecule is [C-]#[N+]C(=CC=CC=CC(=C=[N-])C(=O)c1ccc(NS(C)(=O)=O)cc1)C(=O)c1ccc(NS(C)(=O)=O)cc1. The van der Waals surface area contributed by atoms with Gasteiger partial charge in [-0.25, -0.2) is 21.7 Å². The molecule has 2 aromatic carbocycles. The second-order valence-electron chi connectivity index (χ2n) is 7.49. The van der Waals surface area contributed by atoms with E-state index < -0.39 is 31.6 Å². The van der Waals surface area contributed by atoms with Gasteiger partial charge in [0.25, 0.3) is 0 Å². The summed E-state index contributed by atoms with van der Waals surface area (Å²) in [4.78, 5) is 28.3. The zero-order chi connectivity index (χ0) is 27.6. The highest BCUT2D eigenvalue weighted by molar-refractivity contribution is 7.92. The second kappa shape index (κ2) is 12.4. The van der Waals surface area contributed by atoms with Crippen LogP contribution in [0.2, 0.25) is 0 Å². The Morgan fingerprint density at radius 1 is 0.811 bits per heavy atom. The second-order valence-corrected chi connectivity index (χ2v) is 11.0. The monoisotopic (exact) mass is 537 g/mol. The fraction of sp³-hybridized carbons (Fsp3) is 0.0800. The molecule has 0 aliphatic heterocycles. The summed E-state index contributed by atoms with van der Waals surface area (Å²) in [6.45, 7) is 7.26. The molecule has 10 nitrogen and oxygen atoms in total. The molecule has 37 heavy (non-hydrogen) atoms. The minimum absolute atomic E-state index is 0.179. The molecular formula is C25H21N4O6S2-. The number of nitrogens with one attached hydrogen (secondary N) is 2. The standard InChI is InChI=1S/C25H21N4O6S2/c1-27-23(25(31)19-11-15-22(16-12-19)29-37(3,34)35)8-6-4-5-7-20(17-26)24(30)18-9-13-21(14-10-18)28-36(2,32)33/h4-16,28-29H,2-3H3/q-1. The highest BCUT2D eigenvalue weighted by atomic mass is 32.2. The van der Waals surface area contributed by atoms with Crippen LogP contribution in [0.4, 0.5) is 11.4 Å². The van der Waals surface area contributed by atoms with E-state index in [9.17, 15) is 31.8 Å². The van der Waals surface area contributed by atoms with Gasteiger partial charge in [0, 0.05) is 28.1 Å². The summed E-state index contributed by atoms with van der Waals surface area (Å²) in [7, 11) is -6.93. The van der Waals surface area contributed by atoms with E-state index in [-0.39, 0.29) is 33.8 Å². The van der Waals surface area contributed by atoms with Gasteiger partial charge in [0.2, 0.25) is 25.7 Å². The van der Waals surface area contributed by atoms with Crippen molar-refractivity contribution in [2.45, 2.75) is 0 Å². The number of hydrogen-bond donors (Lipinski definition) is 2. The quantitative estimate of drug-likeness (QED) is 0.147. The first-order chi connectivity index (χ1) is 17.3. The molecule has 0 saturated heterocycles. The normalized spacial score (nSPS) is 12.1. The number of benzene rings is 2. The van der Waals surface area contributed by atoms with E-state index in [4.69, 9.17) is 6.57 Å². The molecule has 0 aliphatic carbocycles. The van der Waals surface area contributed by atoms with Gasteiger partial charge in [-0.1, -0.05) is 36.4 Å². The third-order valence-corrected chi connectivity index (χ3v) is 5.57. The van der Waals surface area contributed by atoms with E-state index in [2.05, 4.69) is 14.3 Å². The summed E-state index contributed by atoms with van der Waals surface area (Å²) in [5.41, 5.74) is 0.544. The molecule has 0 amide bonds. The van der Waals surface area contributed by atoms with Gasteiger partial charge in [0.1, 0.15) is 0 Å². The van der Waals surface area contributed by atoms with E-state index in [1.165, 1.54) is 78.9 Å². The van der Waals surface area contributed by atoms with Crippen LogP contribution in [0.1, 0.15) is 20.7 Å². The van der Waals surface area contributed by atoms with Crippen molar-refractivity contribution in [3.8, 4) is 0 Å². The Morgan fingerprint density at radius 3 is 1.68 bits per heavy atom. The molecule has 2 N–H and O–H groups in total. The van der Waals surface area contributed by atoms with E-state index in [1.54, 1.807) is 5.87 Å². The molecule has 2 rings (SSSR count). The highest BCUT2D eigenvalue weighted by Gasteiger charge is 2.12. The molecule has 0 fully saturated rings. The lowest BCUT2D eigenvalue weighted by Gasteiger charge is -2.05. The summed E-state index contributed by atoms with van der Waals surface area (Å²) in [6.07, 6.45) is 8.75. The summed E-state index contributed by atoms with van der Waals surface area (Å²) >= 11 is 0. The smallest absolute Gasteiger partial charge is 0.234 e. The van der Waals surface area contributed by atoms with Crippen molar-refractivity contribution >= 4 is 48.9 Å². The van der Waals surface area contributed by atoms with Gasteiger partial charge < -0.3 is 10.2 Å². The van der Waals surface area contributed by atoms with Crippen LogP contribution < -0.4 is 9.44 Å². The van der Waals surface area contributed by atoms with Crippen molar-refractivity contribution in [2.75, 3.05) is 22.0 Å². The Hall–Kier alpha value is -4.56. The molecule has 0 atom stereocenters. The Balaban J connectivity index is 2.08. The van der Waals surface area contributed by atoms with Gasteiger partial charge in [0.05, 0.1) is 19.1 Å². The van der Waals surface area contributed by atoms with Gasteiger partial charge in [-0.3, -0.25) is 20.1 Å². The van der Waals surface area contributed by atoms with E-state index >= 15 is 0 Å². The number of nitrogens with zero attached hydrogens (tertiary/aromatic N) is 2. The summed E-state index contributed by atoms with van der Waals surface area (Å²) in [5, 5.41) is 9.32. The zero-order valence-electron chi connectivity index (χ0n) is 19.7. The molecule has 0 spiro atoms. The van der Waals surface area contributed by atoms with Gasteiger partial charge in [0.15, 0.2) is 11.6 Å². The number of rotatable bonds is 11. The average molecular weight is 538 g/mol.